The third-order valence-corrected chi connectivity index (χ3v) is 4.63. The Labute approximate surface area is 85.8 Å². The van der Waals surface area contributed by atoms with Crippen molar-refractivity contribution in [3.8, 4) is 0 Å². The number of carbonyl (C=O) groups excluding carboxylic acids is 1. The molecule has 0 saturated carbocycles. The number of thiazole rings is 1. The van der Waals surface area contributed by atoms with Crippen molar-refractivity contribution in [1.82, 2.24) is 4.98 Å². The van der Waals surface area contributed by atoms with Crippen LogP contribution in [0.25, 0.3) is 0 Å². The van der Waals surface area contributed by atoms with Gasteiger partial charge in [-0.25, -0.2) is 4.98 Å². The molecular formula is C9H11NOS2. The van der Waals surface area contributed by atoms with Gasteiger partial charge in [0.15, 0.2) is 6.29 Å². The summed E-state index contributed by atoms with van der Waals surface area (Å²) < 4.78 is 0. The van der Waals surface area contributed by atoms with E-state index in [9.17, 15) is 4.79 Å². The van der Waals surface area contributed by atoms with Gasteiger partial charge in [-0.1, -0.05) is 6.42 Å². The SMILES string of the molecule is O=Cc1csc(C2CCCCS2)n1. The summed E-state index contributed by atoms with van der Waals surface area (Å²) in [5, 5.41) is 3.52. The number of aromatic nitrogens is 1. The summed E-state index contributed by atoms with van der Waals surface area (Å²) in [4.78, 5) is 14.7. The van der Waals surface area contributed by atoms with E-state index in [1.54, 1.807) is 11.3 Å². The Kier molecular flexibility index (Phi) is 3.01. The molecule has 0 bridgehead atoms. The van der Waals surface area contributed by atoms with Crippen LogP contribution >= 0.6 is 23.1 Å². The van der Waals surface area contributed by atoms with Gasteiger partial charge in [-0.05, 0) is 18.6 Å². The van der Waals surface area contributed by atoms with E-state index in [1.165, 1.54) is 25.0 Å². The second-order valence-electron chi connectivity index (χ2n) is 3.08. The second-order valence-corrected chi connectivity index (χ2v) is 5.28. The molecule has 0 aliphatic carbocycles. The Morgan fingerprint density at radius 1 is 1.54 bits per heavy atom. The molecule has 2 heterocycles. The van der Waals surface area contributed by atoms with Crippen LogP contribution in [0.5, 0.6) is 0 Å². The Hall–Kier alpha value is -0.350. The third kappa shape index (κ3) is 2.11. The van der Waals surface area contributed by atoms with Crippen molar-refractivity contribution >= 4 is 29.4 Å². The van der Waals surface area contributed by atoms with E-state index in [-0.39, 0.29) is 0 Å². The highest BCUT2D eigenvalue weighted by Gasteiger charge is 2.18. The first-order valence-electron chi connectivity index (χ1n) is 4.42. The Bertz CT molecular complexity index is 292. The van der Waals surface area contributed by atoms with Gasteiger partial charge in [0.05, 0.1) is 5.25 Å². The summed E-state index contributed by atoms with van der Waals surface area (Å²) >= 11 is 3.59. The fourth-order valence-electron chi connectivity index (χ4n) is 1.44. The van der Waals surface area contributed by atoms with Gasteiger partial charge in [0.1, 0.15) is 10.7 Å². The lowest BCUT2D eigenvalue weighted by Crippen LogP contribution is -2.01. The lowest BCUT2D eigenvalue weighted by molar-refractivity contribution is 0.111. The van der Waals surface area contributed by atoms with Crippen molar-refractivity contribution in [2.45, 2.75) is 24.5 Å². The average Bonchev–Trinajstić information content (AvgIpc) is 2.67. The first kappa shape index (κ1) is 9.21. The van der Waals surface area contributed by atoms with E-state index in [2.05, 4.69) is 4.98 Å². The van der Waals surface area contributed by atoms with Gasteiger partial charge in [-0.3, -0.25) is 4.79 Å². The van der Waals surface area contributed by atoms with Gasteiger partial charge >= 0.3 is 0 Å². The molecule has 0 radical (unpaired) electrons. The number of hydrogen-bond donors (Lipinski definition) is 0. The Morgan fingerprint density at radius 2 is 2.46 bits per heavy atom. The van der Waals surface area contributed by atoms with Gasteiger partial charge in [0, 0.05) is 5.38 Å². The van der Waals surface area contributed by atoms with E-state index in [0.717, 1.165) is 11.3 Å². The average molecular weight is 213 g/mol. The maximum absolute atomic E-state index is 10.4. The van der Waals surface area contributed by atoms with Gasteiger partial charge in [-0.15, -0.1) is 11.3 Å². The number of hydrogen-bond acceptors (Lipinski definition) is 4. The molecule has 0 aromatic carbocycles. The summed E-state index contributed by atoms with van der Waals surface area (Å²) in [7, 11) is 0. The summed E-state index contributed by atoms with van der Waals surface area (Å²) in [6.07, 6.45) is 4.67. The van der Waals surface area contributed by atoms with Crippen LogP contribution in [0.3, 0.4) is 0 Å². The fourth-order valence-corrected chi connectivity index (χ4v) is 3.77. The van der Waals surface area contributed by atoms with Crippen LogP contribution in [0.2, 0.25) is 0 Å². The highest BCUT2D eigenvalue weighted by molar-refractivity contribution is 7.99. The molecule has 1 aromatic rings. The van der Waals surface area contributed by atoms with Crippen LogP contribution < -0.4 is 0 Å². The standard InChI is InChI=1S/C9H11NOS2/c11-5-7-6-13-9(10-7)8-3-1-2-4-12-8/h5-6,8H,1-4H2. The zero-order valence-electron chi connectivity index (χ0n) is 7.23. The maximum Gasteiger partial charge on any atom is 0.169 e. The predicted octanol–water partition coefficient (Wildman–Crippen LogP) is 2.91. The lowest BCUT2D eigenvalue weighted by atomic mass is 10.2. The van der Waals surface area contributed by atoms with Crippen LogP contribution in [0.4, 0.5) is 0 Å². The highest BCUT2D eigenvalue weighted by Crippen LogP contribution is 2.39. The monoisotopic (exact) mass is 213 g/mol. The van der Waals surface area contributed by atoms with Crippen molar-refractivity contribution in [3.63, 3.8) is 0 Å². The van der Waals surface area contributed by atoms with Crippen LogP contribution in [0, 0.1) is 0 Å². The van der Waals surface area contributed by atoms with Crippen LogP contribution in [0.1, 0.15) is 40.0 Å². The van der Waals surface area contributed by atoms with E-state index in [4.69, 9.17) is 0 Å². The molecule has 1 atom stereocenters. The van der Waals surface area contributed by atoms with Gasteiger partial charge in [0.25, 0.3) is 0 Å². The first-order chi connectivity index (χ1) is 6.40. The molecule has 2 nitrogen and oxygen atoms in total. The third-order valence-electron chi connectivity index (χ3n) is 2.12. The fraction of sp³-hybridized carbons (Fsp3) is 0.556. The molecule has 0 N–H and O–H groups in total. The largest absolute Gasteiger partial charge is 0.296 e. The zero-order valence-corrected chi connectivity index (χ0v) is 8.87. The molecule has 0 amide bonds. The van der Waals surface area contributed by atoms with Crippen molar-refractivity contribution in [2.75, 3.05) is 5.75 Å². The van der Waals surface area contributed by atoms with E-state index in [1.807, 2.05) is 17.1 Å². The molecule has 2 rings (SSSR count). The molecule has 0 spiro atoms. The first-order valence-corrected chi connectivity index (χ1v) is 6.35. The maximum atomic E-state index is 10.4. The molecule has 1 saturated heterocycles. The number of carbonyl (C=O) groups is 1. The van der Waals surface area contributed by atoms with Gasteiger partial charge < -0.3 is 0 Å². The van der Waals surface area contributed by atoms with E-state index in [0.29, 0.717) is 10.9 Å². The molecule has 1 fully saturated rings. The molecule has 1 unspecified atom stereocenters. The van der Waals surface area contributed by atoms with Gasteiger partial charge in [0.2, 0.25) is 0 Å². The quantitative estimate of drug-likeness (QED) is 0.707. The Morgan fingerprint density at radius 3 is 3.08 bits per heavy atom. The lowest BCUT2D eigenvalue weighted by Gasteiger charge is -2.18. The van der Waals surface area contributed by atoms with Crippen molar-refractivity contribution in [2.24, 2.45) is 0 Å². The molecule has 13 heavy (non-hydrogen) atoms. The van der Waals surface area contributed by atoms with Crippen molar-refractivity contribution in [3.05, 3.63) is 16.1 Å². The van der Waals surface area contributed by atoms with Crippen LogP contribution in [0.15, 0.2) is 5.38 Å². The number of rotatable bonds is 2. The Balaban J connectivity index is 2.09. The smallest absolute Gasteiger partial charge is 0.169 e. The molecular weight excluding hydrogens is 202 g/mol. The summed E-state index contributed by atoms with van der Waals surface area (Å²) in [6.45, 7) is 0. The minimum atomic E-state index is 0.549. The van der Waals surface area contributed by atoms with Crippen molar-refractivity contribution < 1.29 is 4.79 Å². The van der Waals surface area contributed by atoms with Crippen molar-refractivity contribution in [1.29, 1.82) is 0 Å². The normalized spacial score (nSPS) is 22.9. The summed E-state index contributed by atoms with van der Waals surface area (Å²) in [5.41, 5.74) is 0.589. The predicted molar refractivity (Wildman–Crippen MR) is 56.6 cm³/mol. The minimum Gasteiger partial charge on any atom is -0.296 e. The summed E-state index contributed by atoms with van der Waals surface area (Å²) in [5.74, 6) is 1.24. The number of aldehydes is 1. The number of thioether (sulfide) groups is 1. The van der Waals surface area contributed by atoms with E-state index < -0.39 is 0 Å². The minimum absolute atomic E-state index is 0.549. The number of nitrogens with zero attached hydrogens (tertiary/aromatic N) is 1. The molecule has 70 valence electrons. The topological polar surface area (TPSA) is 30.0 Å². The molecule has 1 aromatic heterocycles. The molecule has 1 aliphatic heterocycles. The van der Waals surface area contributed by atoms with Gasteiger partial charge in [-0.2, -0.15) is 11.8 Å². The highest BCUT2D eigenvalue weighted by atomic mass is 32.2. The zero-order chi connectivity index (χ0) is 9.10. The molecule has 4 heteroatoms. The second kappa shape index (κ2) is 4.24. The van der Waals surface area contributed by atoms with Crippen LogP contribution in [-0.4, -0.2) is 17.0 Å². The molecule has 1 aliphatic rings. The van der Waals surface area contributed by atoms with E-state index >= 15 is 0 Å². The van der Waals surface area contributed by atoms with Crippen LogP contribution in [-0.2, 0) is 0 Å². The summed E-state index contributed by atoms with van der Waals surface area (Å²) in [6, 6.07) is 0.